The van der Waals surface area contributed by atoms with Gasteiger partial charge >= 0.3 is 0 Å². The zero-order valence-electron chi connectivity index (χ0n) is 11.7. The Morgan fingerprint density at radius 1 is 1.38 bits per heavy atom. The van der Waals surface area contributed by atoms with Gasteiger partial charge in [0.15, 0.2) is 0 Å². The van der Waals surface area contributed by atoms with Crippen LogP contribution in [0.4, 0.5) is 4.39 Å². The fraction of sp³-hybridized carbons (Fsp3) is 0.429. The van der Waals surface area contributed by atoms with E-state index in [0.717, 1.165) is 0 Å². The standard InChI is InChI=1S/C14H17BrFN3OS/c1-9(13(17)21)18-4-6-19(7-5-18)14(20)11-3-2-10(15)8-12(11)16/h2-3,8-9H,4-7H2,1H3,(H2,17,21). The highest BCUT2D eigenvalue weighted by Crippen LogP contribution is 2.18. The fourth-order valence-electron chi connectivity index (χ4n) is 2.33. The Balaban J connectivity index is 2.02. The first-order valence-electron chi connectivity index (χ1n) is 6.68. The molecule has 1 aromatic carbocycles. The number of benzene rings is 1. The lowest BCUT2D eigenvalue weighted by atomic mass is 10.1. The van der Waals surface area contributed by atoms with Crippen LogP contribution in [0.15, 0.2) is 22.7 Å². The molecule has 1 unspecified atom stereocenters. The van der Waals surface area contributed by atoms with E-state index >= 15 is 0 Å². The Labute approximate surface area is 137 Å². The summed E-state index contributed by atoms with van der Waals surface area (Å²) in [6.07, 6.45) is 0. The van der Waals surface area contributed by atoms with Crippen LogP contribution in [-0.4, -0.2) is 52.9 Å². The maximum atomic E-state index is 13.8. The highest BCUT2D eigenvalue weighted by atomic mass is 79.9. The quantitative estimate of drug-likeness (QED) is 0.823. The largest absolute Gasteiger partial charge is 0.392 e. The molecule has 114 valence electrons. The van der Waals surface area contributed by atoms with Crippen molar-refractivity contribution in [3.05, 3.63) is 34.1 Å². The van der Waals surface area contributed by atoms with Gasteiger partial charge in [0.2, 0.25) is 0 Å². The van der Waals surface area contributed by atoms with Crippen molar-refractivity contribution in [1.82, 2.24) is 9.80 Å². The van der Waals surface area contributed by atoms with Crippen LogP contribution < -0.4 is 5.73 Å². The number of amides is 1. The van der Waals surface area contributed by atoms with Crippen molar-refractivity contribution >= 4 is 39.0 Å². The summed E-state index contributed by atoms with van der Waals surface area (Å²) in [5.41, 5.74) is 5.75. The van der Waals surface area contributed by atoms with Crippen molar-refractivity contribution in [1.29, 1.82) is 0 Å². The van der Waals surface area contributed by atoms with E-state index in [9.17, 15) is 9.18 Å². The number of hydrogen-bond acceptors (Lipinski definition) is 3. The molecule has 2 rings (SSSR count). The molecule has 2 N–H and O–H groups in total. The molecule has 21 heavy (non-hydrogen) atoms. The number of halogens is 2. The third kappa shape index (κ3) is 3.78. The zero-order valence-corrected chi connectivity index (χ0v) is 14.1. The summed E-state index contributed by atoms with van der Waals surface area (Å²) in [6, 6.07) is 4.49. The van der Waals surface area contributed by atoms with E-state index in [2.05, 4.69) is 20.8 Å². The number of rotatable bonds is 3. The van der Waals surface area contributed by atoms with Crippen molar-refractivity contribution < 1.29 is 9.18 Å². The van der Waals surface area contributed by atoms with E-state index in [1.807, 2.05) is 6.92 Å². The molecule has 0 saturated carbocycles. The molecule has 1 atom stereocenters. The second-order valence-electron chi connectivity index (χ2n) is 5.03. The molecule has 1 fully saturated rings. The number of piperazine rings is 1. The lowest BCUT2D eigenvalue weighted by Crippen LogP contribution is -2.54. The Bertz CT molecular complexity index is 561. The highest BCUT2D eigenvalue weighted by Gasteiger charge is 2.26. The first-order valence-corrected chi connectivity index (χ1v) is 7.88. The molecule has 1 heterocycles. The van der Waals surface area contributed by atoms with Gasteiger partial charge in [-0.25, -0.2) is 4.39 Å². The maximum absolute atomic E-state index is 13.8. The zero-order chi connectivity index (χ0) is 15.6. The van der Waals surface area contributed by atoms with E-state index in [1.165, 1.54) is 12.1 Å². The van der Waals surface area contributed by atoms with Crippen molar-refractivity contribution in [3.8, 4) is 0 Å². The molecule has 4 nitrogen and oxygen atoms in total. The fourth-order valence-corrected chi connectivity index (χ4v) is 2.81. The lowest BCUT2D eigenvalue weighted by Gasteiger charge is -2.37. The van der Waals surface area contributed by atoms with Crippen LogP contribution in [-0.2, 0) is 0 Å². The van der Waals surface area contributed by atoms with Gasteiger partial charge in [0, 0.05) is 30.7 Å². The Kier molecular flexibility index (Phi) is 5.29. The summed E-state index contributed by atoms with van der Waals surface area (Å²) in [6.45, 7) is 4.40. The summed E-state index contributed by atoms with van der Waals surface area (Å²) >= 11 is 8.17. The third-order valence-corrected chi connectivity index (χ3v) is 4.56. The van der Waals surface area contributed by atoms with Crippen LogP contribution in [0.3, 0.4) is 0 Å². The van der Waals surface area contributed by atoms with Gasteiger partial charge in [0.1, 0.15) is 5.82 Å². The number of hydrogen-bond donors (Lipinski definition) is 1. The first kappa shape index (κ1) is 16.3. The van der Waals surface area contributed by atoms with Gasteiger partial charge in [-0.15, -0.1) is 0 Å². The SMILES string of the molecule is CC(C(N)=S)N1CCN(C(=O)c2ccc(Br)cc2F)CC1. The van der Waals surface area contributed by atoms with Crippen molar-refractivity contribution in [2.75, 3.05) is 26.2 Å². The molecule has 1 amide bonds. The van der Waals surface area contributed by atoms with Gasteiger partial charge in [-0.1, -0.05) is 28.1 Å². The molecule has 7 heteroatoms. The molecule has 0 spiro atoms. The van der Waals surface area contributed by atoms with Gasteiger partial charge in [-0.3, -0.25) is 9.69 Å². The average Bonchev–Trinajstić information content (AvgIpc) is 2.46. The van der Waals surface area contributed by atoms with Crippen LogP contribution in [0, 0.1) is 5.82 Å². The average molecular weight is 374 g/mol. The molecule has 1 aromatic rings. The van der Waals surface area contributed by atoms with E-state index in [-0.39, 0.29) is 17.5 Å². The maximum Gasteiger partial charge on any atom is 0.256 e. The molecule has 1 aliphatic rings. The number of carbonyl (C=O) groups is 1. The van der Waals surface area contributed by atoms with Crippen LogP contribution >= 0.6 is 28.1 Å². The van der Waals surface area contributed by atoms with E-state index < -0.39 is 5.82 Å². The monoisotopic (exact) mass is 373 g/mol. The molecular weight excluding hydrogens is 357 g/mol. The predicted molar refractivity (Wildman–Crippen MR) is 87.8 cm³/mol. The Morgan fingerprint density at radius 3 is 2.52 bits per heavy atom. The minimum Gasteiger partial charge on any atom is -0.392 e. The lowest BCUT2D eigenvalue weighted by molar-refractivity contribution is 0.0617. The second-order valence-corrected chi connectivity index (χ2v) is 6.42. The molecule has 0 aliphatic carbocycles. The van der Waals surface area contributed by atoms with Crippen molar-refractivity contribution in [2.24, 2.45) is 5.73 Å². The summed E-state index contributed by atoms with van der Waals surface area (Å²) < 4.78 is 14.5. The van der Waals surface area contributed by atoms with Gasteiger partial charge < -0.3 is 10.6 Å². The summed E-state index contributed by atoms with van der Waals surface area (Å²) in [5, 5.41) is 0. The number of thiocarbonyl (C=S) groups is 1. The van der Waals surface area contributed by atoms with E-state index in [4.69, 9.17) is 18.0 Å². The third-order valence-electron chi connectivity index (χ3n) is 3.72. The second kappa shape index (κ2) is 6.81. The minimum atomic E-state index is -0.506. The van der Waals surface area contributed by atoms with Crippen LogP contribution in [0.25, 0.3) is 0 Å². The first-order chi connectivity index (χ1) is 9.90. The normalized spacial score (nSPS) is 17.6. The molecule has 1 saturated heterocycles. The minimum absolute atomic E-state index is 0.0154. The Hall–Kier alpha value is -1.05. The van der Waals surface area contributed by atoms with Crippen LogP contribution in [0.5, 0.6) is 0 Å². The van der Waals surface area contributed by atoms with Gasteiger partial charge in [-0.2, -0.15) is 0 Å². The summed E-state index contributed by atoms with van der Waals surface area (Å²) in [4.78, 5) is 16.6. The molecule has 1 aliphatic heterocycles. The number of carbonyl (C=O) groups excluding carboxylic acids is 1. The van der Waals surface area contributed by atoms with Gasteiger partial charge in [0.05, 0.1) is 16.6 Å². The van der Waals surface area contributed by atoms with E-state index in [0.29, 0.717) is 35.6 Å². The molecule has 0 bridgehead atoms. The Morgan fingerprint density at radius 2 is 2.00 bits per heavy atom. The topological polar surface area (TPSA) is 49.6 Å². The van der Waals surface area contributed by atoms with Gasteiger partial charge in [-0.05, 0) is 25.1 Å². The smallest absolute Gasteiger partial charge is 0.256 e. The molecule has 0 aromatic heterocycles. The highest BCUT2D eigenvalue weighted by molar-refractivity contribution is 9.10. The van der Waals surface area contributed by atoms with Crippen LogP contribution in [0.2, 0.25) is 0 Å². The van der Waals surface area contributed by atoms with E-state index in [1.54, 1.807) is 11.0 Å². The predicted octanol–water partition coefficient (Wildman–Crippen LogP) is 2.02. The van der Waals surface area contributed by atoms with Crippen molar-refractivity contribution in [3.63, 3.8) is 0 Å². The number of nitrogens with two attached hydrogens (primary N) is 1. The van der Waals surface area contributed by atoms with Crippen molar-refractivity contribution in [2.45, 2.75) is 13.0 Å². The molecular formula is C14H17BrFN3OS. The number of nitrogens with zero attached hydrogens (tertiary/aromatic N) is 2. The summed E-state index contributed by atoms with van der Waals surface area (Å²) in [5.74, 6) is -0.782. The molecule has 0 radical (unpaired) electrons. The van der Waals surface area contributed by atoms with Crippen LogP contribution in [0.1, 0.15) is 17.3 Å². The summed E-state index contributed by atoms with van der Waals surface area (Å²) in [7, 11) is 0. The van der Waals surface area contributed by atoms with Gasteiger partial charge in [0.25, 0.3) is 5.91 Å².